The van der Waals surface area contributed by atoms with Gasteiger partial charge in [-0.1, -0.05) is 6.07 Å². The van der Waals surface area contributed by atoms with E-state index in [1.165, 1.54) is 0 Å². The fourth-order valence-electron chi connectivity index (χ4n) is 2.82. The van der Waals surface area contributed by atoms with Gasteiger partial charge in [0.15, 0.2) is 0 Å². The first kappa shape index (κ1) is 14.0. The first-order chi connectivity index (χ1) is 10.1. The predicted octanol–water partition coefficient (Wildman–Crippen LogP) is 0.258. The summed E-state index contributed by atoms with van der Waals surface area (Å²) in [6.07, 6.45) is 0.758. The van der Waals surface area contributed by atoms with E-state index in [4.69, 9.17) is 9.84 Å². The van der Waals surface area contributed by atoms with Crippen molar-refractivity contribution in [1.29, 1.82) is 0 Å². The molecule has 1 atom stereocenters. The fourth-order valence-corrected chi connectivity index (χ4v) is 2.82. The molecule has 0 radical (unpaired) electrons. The van der Waals surface area contributed by atoms with Crippen LogP contribution in [0.2, 0.25) is 0 Å². The summed E-state index contributed by atoms with van der Waals surface area (Å²) >= 11 is 0. The summed E-state index contributed by atoms with van der Waals surface area (Å²) in [7, 11) is 0. The average Bonchev–Trinajstić information content (AvgIpc) is 2.54. The number of carboxylic acids is 1. The molecule has 1 aromatic carbocycles. The number of amides is 1. The second kappa shape index (κ2) is 5.83. The van der Waals surface area contributed by atoms with Crippen LogP contribution in [0.1, 0.15) is 21.5 Å². The Bertz CT molecular complexity index is 567. The van der Waals surface area contributed by atoms with E-state index in [0.717, 1.165) is 17.5 Å². The summed E-state index contributed by atoms with van der Waals surface area (Å²) in [4.78, 5) is 25.3. The largest absolute Gasteiger partial charge is 0.478 e. The molecule has 0 aromatic heterocycles. The highest BCUT2D eigenvalue weighted by atomic mass is 16.5. The number of fused-ring (bicyclic) bond motifs is 1. The Hall–Kier alpha value is -1.92. The van der Waals surface area contributed by atoms with Gasteiger partial charge >= 0.3 is 5.97 Å². The van der Waals surface area contributed by atoms with Crippen LogP contribution >= 0.6 is 0 Å². The van der Waals surface area contributed by atoms with Gasteiger partial charge in [-0.25, -0.2) is 4.79 Å². The molecule has 3 rings (SSSR count). The molecule has 2 aliphatic rings. The van der Waals surface area contributed by atoms with Crippen LogP contribution in [0.25, 0.3) is 0 Å². The summed E-state index contributed by atoms with van der Waals surface area (Å²) in [5.41, 5.74) is 2.31. The van der Waals surface area contributed by atoms with E-state index in [2.05, 4.69) is 5.32 Å². The van der Waals surface area contributed by atoms with Crippen LogP contribution in [0.15, 0.2) is 18.2 Å². The average molecular weight is 290 g/mol. The zero-order valence-corrected chi connectivity index (χ0v) is 11.7. The number of nitrogens with one attached hydrogen (secondary N) is 1. The van der Waals surface area contributed by atoms with Crippen molar-refractivity contribution in [2.24, 2.45) is 0 Å². The molecule has 6 nitrogen and oxygen atoms in total. The Balaban J connectivity index is 1.75. The highest BCUT2D eigenvalue weighted by molar-refractivity contribution is 5.88. The minimum absolute atomic E-state index is 0.0288. The van der Waals surface area contributed by atoms with E-state index >= 15 is 0 Å². The monoisotopic (exact) mass is 290 g/mol. The number of benzene rings is 1. The van der Waals surface area contributed by atoms with Crippen molar-refractivity contribution in [3.05, 3.63) is 34.9 Å². The Morgan fingerprint density at radius 2 is 2.19 bits per heavy atom. The quantitative estimate of drug-likeness (QED) is 0.817. The van der Waals surface area contributed by atoms with Gasteiger partial charge in [-0.15, -0.1) is 0 Å². The molecule has 112 valence electrons. The third-order valence-electron chi connectivity index (χ3n) is 4.00. The van der Waals surface area contributed by atoms with Crippen LogP contribution < -0.4 is 5.32 Å². The van der Waals surface area contributed by atoms with Crippen molar-refractivity contribution in [2.45, 2.75) is 19.0 Å². The fraction of sp³-hybridized carbons (Fsp3) is 0.467. The summed E-state index contributed by atoms with van der Waals surface area (Å²) < 4.78 is 5.33. The van der Waals surface area contributed by atoms with Crippen LogP contribution in [0.4, 0.5) is 0 Å². The molecule has 2 N–H and O–H groups in total. The van der Waals surface area contributed by atoms with Crippen LogP contribution in [0.3, 0.4) is 0 Å². The molecular formula is C15H18N2O4. The van der Waals surface area contributed by atoms with Crippen LogP contribution in [0, 0.1) is 0 Å². The van der Waals surface area contributed by atoms with Crippen LogP contribution in [-0.2, 0) is 22.5 Å². The van der Waals surface area contributed by atoms with Gasteiger partial charge in [-0.3, -0.25) is 4.79 Å². The zero-order chi connectivity index (χ0) is 14.8. The van der Waals surface area contributed by atoms with Crippen LogP contribution in [0.5, 0.6) is 0 Å². The van der Waals surface area contributed by atoms with Crippen molar-refractivity contribution in [1.82, 2.24) is 10.2 Å². The standard InChI is InChI=1S/C15H18N2O4/c18-14(13-9-21-6-4-16-13)17-5-3-10-1-2-11(15(19)20)7-12(10)8-17/h1-2,7,13,16H,3-6,8-9H2,(H,19,20). The molecule has 21 heavy (non-hydrogen) atoms. The summed E-state index contributed by atoms with van der Waals surface area (Å²) in [6.45, 7) is 2.85. The molecule has 1 fully saturated rings. The van der Waals surface area contributed by atoms with Gasteiger partial charge < -0.3 is 20.1 Å². The van der Waals surface area contributed by atoms with E-state index in [-0.39, 0.29) is 17.5 Å². The number of carbonyl (C=O) groups is 2. The second-order valence-corrected chi connectivity index (χ2v) is 5.38. The van der Waals surface area contributed by atoms with Gasteiger partial charge in [0.2, 0.25) is 5.91 Å². The Morgan fingerprint density at radius 3 is 2.90 bits per heavy atom. The lowest BCUT2D eigenvalue weighted by Crippen LogP contribution is -2.53. The minimum Gasteiger partial charge on any atom is -0.478 e. The van der Waals surface area contributed by atoms with Gasteiger partial charge in [-0.05, 0) is 29.7 Å². The van der Waals surface area contributed by atoms with Crippen molar-refractivity contribution in [3.63, 3.8) is 0 Å². The van der Waals surface area contributed by atoms with E-state index in [1.807, 2.05) is 6.07 Å². The summed E-state index contributed by atoms with van der Waals surface area (Å²) in [5.74, 6) is -0.912. The number of carbonyl (C=O) groups excluding carboxylic acids is 1. The zero-order valence-electron chi connectivity index (χ0n) is 11.7. The van der Waals surface area contributed by atoms with Crippen LogP contribution in [-0.4, -0.2) is 54.2 Å². The second-order valence-electron chi connectivity index (χ2n) is 5.38. The predicted molar refractivity (Wildman–Crippen MR) is 75.1 cm³/mol. The topological polar surface area (TPSA) is 78.9 Å². The summed E-state index contributed by atoms with van der Waals surface area (Å²) in [6, 6.07) is 4.85. The molecule has 0 saturated carbocycles. The number of carboxylic acid groups (broad SMARTS) is 1. The van der Waals surface area contributed by atoms with Gasteiger partial charge in [0.05, 0.1) is 18.8 Å². The highest BCUT2D eigenvalue weighted by Crippen LogP contribution is 2.21. The van der Waals surface area contributed by atoms with E-state index < -0.39 is 5.97 Å². The molecule has 6 heteroatoms. The van der Waals surface area contributed by atoms with Crippen molar-refractivity contribution < 1.29 is 19.4 Å². The molecule has 1 unspecified atom stereocenters. The molecule has 1 aromatic rings. The molecule has 1 amide bonds. The van der Waals surface area contributed by atoms with Gasteiger partial charge in [0, 0.05) is 19.6 Å². The highest BCUT2D eigenvalue weighted by Gasteiger charge is 2.28. The number of ether oxygens (including phenoxy) is 1. The number of rotatable bonds is 2. The molecule has 0 spiro atoms. The first-order valence-corrected chi connectivity index (χ1v) is 7.10. The van der Waals surface area contributed by atoms with E-state index in [0.29, 0.717) is 32.8 Å². The maximum Gasteiger partial charge on any atom is 0.335 e. The Labute approximate surface area is 122 Å². The molecule has 1 saturated heterocycles. The minimum atomic E-state index is -0.941. The van der Waals surface area contributed by atoms with Gasteiger partial charge in [-0.2, -0.15) is 0 Å². The summed E-state index contributed by atoms with van der Waals surface area (Å²) in [5, 5.41) is 12.2. The van der Waals surface area contributed by atoms with Gasteiger partial charge in [0.1, 0.15) is 6.04 Å². The van der Waals surface area contributed by atoms with Crippen molar-refractivity contribution in [3.8, 4) is 0 Å². The molecule has 2 heterocycles. The lowest BCUT2D eigenvalue weighted by molar-refractivity contribution is -0.137. The Morgan fingerprint density at radius 1 is 1.33 bits per heavy atom. The molecular weight excluding hydrogens is 272 g/mol. The van der Waals surface area contributed by atoms with Crippen molar-refractivity contribution >= 4 is 11.9 Å². The maximum absolute atomic E-state index is 12.4. The number of morpholine rings is 1. The van der Waals surface area contributed by atoms with E-state index in [1.54, 1.807) is 17.0 Å². The normalized spacial score (nSPS) is 21.7. The number of hydrogen-bond acceptors (Lipinski definition) is 4. The number of aromatic carboxylic acids is 1. The first-order valence-electron chi connectivity index (χ1n) is 7.10. The third kappa shape index (κ3) is 2.91. The lowest BCUT2D eigenvalue weighted by Gasteiger charge is -2.33. The molecule has 0 bridgehead atoms. The smallest absolute Gasteiger partial charge is 0.335 e. The van der Waals surface area contributed by atoms with Gasteiger partial charge in [0.25, 0.3) is 0 Å². The third-order valence-corrected chi connectivity index (χ3v) is 4.00. The van der Waals surface area contributed by atoms with E-state index in [9.17, 15) is 9.59 Å². The van der Waals surface area contributed by atoms with Crippen molar-refractivity contribution in [2.75, 3.05) is 26.3 Å². The Kier molecular flexibility index (Phi) is 3.90. The number of hydrogen-bond donors (Lipinski definition) is 2. The lowest BCUT2D eigenvalue weighted by atomic mass is 9.97. The maximum atomic E-state index is 12.4. The number of nitrogens with zero attached hydrogens (tertiary/aromatic N) is 1. The molecule has 2 aliphatic heterocycles. The molecule has 0 aliphatic carbocycles. The SMILES string of the molecule is O=C(O)c1ccc2c(c1)CN(C(=O)C1COCCN1)CC2.